The van der Waals surface area contributed by atoms with Crippen LogP contribution in [-0.4, -0.2) is 21.3 Å². The van der Waals surface area contributed by atoms with Gasteiger partial charge in [0.05, 0.1) is 18.6 Å². The molecule has 3 nitrogen and oxygen atoms in total. The summed E-state index contributed by atoms with van der Waals surface area (Å²) < 4.78 is 29.5. The third-order valence-electron chi connectivity index (χ3n) is 3.63. The van der Waals surface area contributed by atoms with Gasteiger partial charge in [-0.05, 0) is 12.5 Å². The molecule has 0 aliphatic carbocycles. The smallest absolute Gasteiger partial charge is 0.154 e. The number of methoxy groups -OCH3 is 1. The van der Waals surface area contributed by atoms with Crippen LogP contribution >= 0.6 is 0 Å². The largest absolute Gasteiger partial charge is 0.496 e. The third kappa shape index (κ3) is 7.51. The molecule has 21 heavy (non-hydrogen) atoms. The number of sulfone groups is 1. The quantitative estimate of drug-likeness (QED) is 0.570. The molecule has 0 N–H and O–H groups in total. The van der Waals surface area contributed by atoms with Crippen molar-refractivity contribution in [3.8, 4) is 5.75 Å². The van der Waals surface area contributed by atoms with Crippen molar-refractivity contribution in [2.75, 3.05) is 12.9 Å². The van der Waals surface area contributed by atoms with Gasteiger partial charge >= 0.3 is 0 Å². The van der Waals surface area contributed by atoms with Crippen LogP contribution in [0, 0.1) is 0 Å². The molecule has 0 saturated carbocycles. The van der Waals surface area contributed by atoms with Crippen molar-refractivity contribution >= 4 is 9.84 Å². The van der Waals surface area contributed by atoms with Gasteiger partial charge in [-0.25, -0.2) is 8.42 Å². The van der Waals surface area contributed by atoms with E-state index in [0.29, 0.717) is 5.75 Å². The first kappa shape index (κ1) is 18.0. The number of unbranched alkanes of at least 4 members (excludes halogenated alkanes) is 6. The molecule has 1 rings (SSSR count). The van der Waals surface area contributed by atoms with Crippen LogP contribution in [0.15, 0.2) is 24.3 Å². The lowest BCUT2D eigenvalue weighted by Crippen LogP contribution is -2.10. The molecule has 0 aliphatic rings. The van der Waals surface area contributed by atoms with Gasteiger partial charge in [0.1, 0.15) is 5.75 Å². The SMILES string of the molecule is CCCCCCCCCS(=O)(=O)Cc1ccccc1OC. The molecular formula is C17H28O3S. The first-order valence-electron chi connectivity index (χ1n) is 7.91. The fourth-order valence-electron chi connectivity index (χ4n) is 2.41. The van der Waals surface area contributed by atoms with Crippen LogP contribution in [0.25, 0.3) is 0 Å². The maximum absolute atomic E-state index is 12.1. The highest BCUT2D eigenvalue weighted by molar-refractivity contribution is 7.90. The lowest BCUT2D eigenvalue weighted by Gasteiger charge is -2.09. The first-order chi connectivity index (χ1) is 10.1. The first-order valence-corrected chi connectivity index (χ1v) is 9.73. The zero-order valence-corrected chi connectivity index (χ0v) is 14.1. The number of para-hydroxylation sites is 1. The minimum absolute atomic E-state index is 0.0762. The van der Waals surface area contributed by atoms with Gasteiger partial charge in [-0.2, -0.15) is 0 Å². The fourth-order valence-corrected chi connectivity index (χ4v) is 3.91. The monoisotopic (exact) mass is 312 g/mol. The Morgan fingerprint density at radius 3 is 2.24 bits per heavy atom. The van der Waals surface area contributed by atoms with Crippen LogP contribution in [0.5, 0.6) is 5.75 Å². The van der Waals surface area contributed by atoms with E-state index in [1.165, 1.54) is 25.7 Å². The predicted octanol–water partition coefficient (Wildman–Crippen LogP) is 4.36. The molecular weight excluding hydrogens is 284 g/mol. The summed E-state index contributed by atoms with van der Waals surface area (Å²) in [5.41, 5.74) is 0.753. The van der Waals surface area contributed by atoms with E-state index in [0.717, 1.165) is 24.8 Å². The predicted molar refractivity (Wildman–Crippen MR) is 88.5 cm³/mol. The molecule has 0 amide bonds. The Hall–Kier alpha value is -1.03. The average Bonchev–Trinajstić information content (AvgIpc) is 2.46. The summed E-state index contributed by atoms with van der Waals surface area (Å²) >= 11 is 0. The van der Waals surface area contributed by atoms with Crippen LogP contribution in [-0.2, 0) is 15.6 Å². The molecule has 0 aliphatic heterocycles. The van der Waals surface area contributed by atoms with Gasteiger partial charge < -0.3 is 4.74 Å². The van der Waals surface area contributed by atoms with E-state index in [4.69, 9.17) is 4.74 Å². The number of hydrogen-bond donors (Lipinski definition) is 0. The number of rotatable bonds is 11. The second-order valence-corrected chi connectivity index (χ2v) is 7.71. The van der Waals surface area contributed by atoms with Gasteiger partial charge in [-0.1, -0.05) is 63.6 Å². The van der Waals surface area contributed by atoms with Gasteiger partial charge in [-0.3, -0.25) is 0 Å². The Kier molecular flexibility index (Phi) is 8.43. The Balaban J connectivity index is 2.33. The molecule has 0 saturated heterocycles. The number of ether oxygens (including phenoxy) is 1. The van der Waals surface area contributed by atoms with E-state index in [1.807, 2.05) is 18.2 Å². The van der Waals surface area contributed by atoms with Gasteiger partial charge in [0.25, 0.3) is 0 Å². The van der Waals surface area contributed by atoms with Crippen molar-refractivity contribution in [3.63, 3.8) is 0 Å². The number of hydrogen-bond acceptors (Lipinski definition) is 3. The summed E-state index contributed by atoms with van der Waals surface area (Å²) in [7, 11) is -1.47. The van der Waals surface area contributed by atoms with Crippen LogP contribution in [0.1, 0.15) is 57.4 Å². The highest BCUT2D eigenvalue weighted by Crippen LogP contribution is 2.20. The van der Waals surface area contributed by atoms with E-state index in [1.54, 1.807) is 13.2 Å². The number of benzene rings is 1. The zero-order valence-electron chi connectivity index (χ0n) is 13.3. The highest BCUT2D eigenvalue weighted by atomic mass is 32.2. The molecule has 0 radical (unpaired) electrons. The second kappa shape index (κ2) is 9.82. The Morgan fingerprint density at radius 1 is 0.952 bits per heavy atom. The van der Waals surface area contributed by atoms with Crippen molar-refractivity contribution in [2.24, 2.45) is 0 Å². The Labute approximate surface area is 129 Å². The van der Waals surface area contributed by atoms with Crippen molar-refractivity contribution < 1.29 is 13.2 Å². The van der Waals surface area contributed by atoms with E-state index in [9.17, 15) is 8.42 Å². The molecule has 0 bridgehead atoms. The van der Waals surface area contributed by atoms with E-state index in [2.05, 4.69) is 6.92 Å². The highest BCUT2D eigenvalue weighted by Gasteiger charge is 2.14. The zero-order chi connectivity index (χ0) is 15.6. The fraction of sp³-hybridized carbons (Fsp3) is 0.647. The summed E-state index contributed by atoms with van der Waals surface area (Å²) in [6.07, 6.45) is 7.94. The topological polar surface area (TPSA) is 43.4 Å². The van der Waals surface area contributed by atoms with Crippen molar-refractivity contribution in [3.05, 3.63) is 29.8 Å². The van der Waals surface area contributed by atoms with Gasteiger partial charge in [0, 0.05) is 5.56 Å². The normalized spacial score (nSPS) is 11.5. The maximum atomic E-state index is 12.1. The van der Waals surface area contributed by atoms with E-state index >= 15 is 0 Å². The summed E-state index contributed by atoms with van der Waals surface area (Å²) in [5.74, 6) is 1.01. The standard InChI is InChI=1S/C17H28O3S/c1-3-4-5-6-7-8-11-14-21(18,19)15-16-12-9-10-13-17(16)20-2/h9-10,12-13H,3-8,11,14-15H2,1-2H3. The van der Waals surface area contributed by atoms with Crippen LogP contribution in [0.3, 0.4) is 0 Å². The lowest BCUT2D eigenvalue weighted by molar-refractivity contribution is 0.411. The van der Waals surface area contributed by atoms with Crippen LogP contribution in [0.2, 0.25) is 0 Å². The Bertz CT molecular complexity index is 495. The van der Waals surface area contributed by atoms with Crippen molar-refractivity contribution in [2.45, 2.75) is 57.6 Å². The second-order valence-electron chi connectivity index (χ2n) is 5.53. The summed E-state index contributed by atoms with van der Waals surface area (Å²) in [4.78, 5) is 0. The minimum Gasteiger partial charge on any atom is -0.496 e. The summed E-state index contributed by atoms with van der Waals surface area (Å²) in [6.45, 7) is 2.20. The van der Waals surface area contributed by atoms with Crippen LogP contribution < -0.4 is 4.74 Å². The van der Waals surface area contributed by atoms with Gasteiger partial charge in [0.2, 0.25) is 0 Å². The van der Waals surface area contributed by atoms with Gasteiger partial charge in [-0.15, -0.1) is 0 Å². The maximum Gasteiger partial charge on any atom is 0.154 e. The molecule has 0 fully saturated rings. The van der Waals surface area contributed by atoms with E-state index < -0.39 is 9.84 Å². The third-order valence-corrected chi connectivity index (χ3v) is 5.29. The van der Waals surface area contributed by atoms with Crippen molar-refractivity contribution in [1.29, 1.82) is 0 Å². The molecule has 1 aromatic rings. The molecule has 0 unspecified atom stereocenters. The van der Waals surface area contributed by atoms with Crippen molar-refractivity contribution in [1.82, 2.24) is 0 Å². The van der Waals surface area contributed by atoms with E-state index in [-0.39, 0.29) is 11.5 Å². The lowest BCUT2D eigenvalue weighted by atomic mass is 10.1. The molecule has 0 aromatic heterocycles. The molecule has 0 heterocycles. The molecule has 0 spiro atoms. The molecule has 120 valence electrons. The average molecular weight is 312 g/mol. The summed E-state index contributed by atoms with van der Waals surface area (Å²) in [6, 6.07) is 7.33. The molecule has 0 atom stereocenters. The minimum atomic E-state index is -3.04. The molecule has 4 heteroatoms. The Morgan fingerprint density at radius 2 is 1.57 bits per heavy atom. The van der Waals surface area contributed by atoms with Gasteiger partial charge in [0.15, 0.2) is 9.84 Å². The summed E-state index contributed by atoms with van der Waals surface area (Å²) in [5, 5.41) is 0. The molecule has 1 aromatic carbocycles. The van der Waals surface area contributed by atoms with Crippen LogP contribution in [0.4, 0.5) is 0 Å².